The molecule has 2 aliphatic carbocycles. The monoisotopic (exact) mass is 370 g/mol. The van der Waals surface area contributed by atoms with Crippen molar-refractivity contribution in [3.05, 3.63) is 46.3 Å². The average molecular weight is 370 g/mol. The lowest BCUT2D eigenvalue weighted by atomic mass is 9.70. The fourth-order valence-corrected chi connectivity index (χ4v) is 4.10. The fourth-order valence-electron chi connectivity index (χ4n) is 4.10. The third kappa shape index (κ3) is 4.20. The molecule has 0 aliphatic heterocycles. The fraction of sp³-hybridized carbons (Fsp3) is 0.522. The van der Waals surface area contributed by atoms with Gasteiger partial charge in [-0.15, -0.1) is 0 Å². The van der Waals surface area contributed by atoms with Crippen molar-refractivity contribution in [3.63, 3.8) is 0 Å². The van der Waals surface area contributed by atoms with E-state index >= 15 is 0 Å². The van der Waals surface area contributed by atoms with E-state index in [4.69, 9.17) is 4.74 Å². The second-order valence-electron chi connectivity index (χ2n) is 7.60. The first-order valence-corrected chi connectivity index (χ1v) is 9.75. The maximum atomic E-state index is 13.3. The number of ketones is 2. The van der Waals surface area contributed by atoms with Crippen LogP contribution in [0.4, 0.5) is 0 Å². The molecule has 0 aromatic carbocycles. The molecule has 2 rings (SSSR count). The van der Waals surface area contributed by atoms with Crippen LogP contribution >= 0.6 is 0 Å². The third-order valence-corrected chi connectivity index (χ3v) is 5.61. The molecular weight excluding hydrogens is 340 g/mol. The van der Waals surface area contributed by atoms with E-state index in [1.54, 1.807) is 0 Å². The molecule has 0 aromatic heterocycles. The summed E-state index contributed by atoms with van der Waals surface area (Å²) in [4.78, 5) is 38.1. The molecule has 0 spiro atoms. The molecule has 27 heavy (non-hydrogen) atoms. The van der Waals surface area contributed by atoms with E-state index in [9.17, 15) is 14.4 Å². The Morgan fingerprint density at radius 3 is 2.56 bits per heavy atom. The maximum absolute atomic E-state index is 13.3. The third-order valence-electron chi connectivity index (χ3n) is 5.61. The molecule has 0 N–H and O–H groups in total. The van der Waals surface area contributed by atoms with Gasteiger partial charge in [-0.2, -0.15) is 0 Å². The van der Waals surface area contributed by atoms with Crippen molar-refractivity contribution in [3.8, 4) is 0 Å². The molecule has 2 aliphatic rings. The highest BCUT2D eigenvalue weighted by Gasteiger charge is 2.41. The molecule has 4 heteroatoms. The first-order valence-electron chi connectivity index (χ1n) is 9.75. The Labute approximate surface area is 162 Å². The number of rotatable bonds is 8. The minimum Gasteiger partial charge on any atom is -0.492 e. The molecule has 146 valence electrons. The molecule has 0 amide bonds. The number of ether oxygens (including phenoxy) is 1. The van der Waals surface area contributed by atoms with Crippen LogP contribution in [0.1, 0.15) is 59.3 Å². The zero-order valence-corrected chi connectivity index (χ0v) is 16.9. The van der Waals surface area contributed by atoms with Crippen LogP contribution < -0.4 is 0 Å². The van der Waals surface area contributed by atoms with Gasteiger partial charge >= 0.3 is 0 Å². The number of allylic oxidation sites excluding steroid dienone is 6. The van der Waals surface area contributed by atoms with Crippen molar-refractivity contribution in [2.24, 2.45) is 11.8 Å². The van der Waals surface area contributed by atoms with Crippen molar-refractivity contribution in [1.29, 1.82) is 0 Å². The van der Waals surface area contributed by atoms with Crippen LogP contribution in [0.2, 0.25) is 0 Å². The van der Waals surface area contributed by atoms with Gasteiger partial charge in [0.2, 0.25) is 5.78 Å². The van der Waals surface area contributed by atoms with Crippen LogP contribution in [0.5, 0.6) is 0 Å². The first-order chi connectivity index (χ1) is 12.9. The number of unbranched alkanes of at least 4 members (excludes halogenated alkanes) is 2. The van der Waals surface area contributed by atoms with Crippen LogP contribution in [0, 0.1) is 11.8 Å². The van der Waals surface area contributed by atoms with Gasteiger partial charge in [0.15, 0.2) is 17.8 Å². The Balaban J connectivity index is 2.55. The Morgan fingerprint density at radius 2 is 2.00 bits per heavy atom. The Bertz CT molecular complexity index is 748. The number of methoxy groups -OCH3 is 1. The summed E-state index contributed by atoms with van der Waals surface area (Å²) in [6.07, 6.45) is 7.52. The molecule has 0 radical (unpaired) electrons. The van der Waals surface area contributed by atoms with E-state index in [0.717, 1.165) is 37.7 Å². The van der Waals surface area contributed by atoms with Gasteiger partial charge in [0.1, 0.15) is 0 Å². The number of hydrogen-bond acceptors (Lipinski definition) is 4. The number of hydrogen-bond donors (Lipinski definition) is 0. The molecule has 2 atom stereocenters. The highest BCUT2D eigenvalue weighted by Crippen LogP contribution is 2.42. The molecule has 0 saturated heterocycles. The van der Waals surface area contributed by atoms with Crippen molar-refractivity contribution in [1.82, 2.24) is 0 Å². The first kappa shape index (κ1) is 21.1. The van der Waals surface area contributed by atoms with Crippen LogP contribution in [-0.4, -0.2) is 25.0 Å². The molecule has 0 unspecified atom stereocenters. The lowest BCUT2D eigenvalue weighted by molar-refractivity contribution is -0.120. The molecule has 0 fully saturated rings. The van der Waals surface area contributed by atoms with E-state index in [-0.39, 0.29) is 34.7 Å². The Morgan fingerprint density at radius 1 is 1.30 bits per heavy atom. The SMILES string of the molecule is C=C(C)[C@@H]1CCC(C)=C[C@H]1C1=C(OC)C(=O)C(CCCCC)=C(C=O)C1=O. The summed E-state index contributed by atoms with van der Waals surface area (Å²) in [7, 11) is 1.42. The molecule has 4 nitrogen and oxygen atoms in total. The molecule has 0 heterocycles. The van der Waals surface area contributed by atoms with Crippen LogP contribution in [0.15, 0.2) is 46.3 Å². The number of carbonyl (C=O) groups excluding carboxylic acids is 3. The van der Waals surface area contributed by atoms with Gasteiger partial charge in [0, 0.05) is 11.5 Å². The number of aldehydes is 1. The standard InChI is InChI=1S/C23H30O4/c1-6-7-8-9-17-19(13-24)21(25)20(23(27-5)22(17)26)18-12-15(4)10-11-16(18)14(2)3/h12-13,16,18H,2,6-11H2,1,3-5H3/t16-,18+/m0/s1. The summed E-state index contributed by atoms with van der Waals surface area (Å²) < 4.78 is 5.43. The second-order valence-corrected chi connectivity index (χ2v) is 7.60. The van der Waals surface area contributed by atoms with Crippen molar-refractivity contribution >= 4 is 17.9 Å². The van der Waals surface area contributed by atoms with Gasteiger partial charge in [-0.1, -0.05) is 43.6 Å². The summed E-state index contributed by atoms with van der Waals surface area (Å²) in [6.45, 7) is 10.1. The summed E-state index contributed by atoms with van der Waals surface area (Å²) in [5.41, 5.74) is 2.76. The Kier molecular flexibility index (Phi) is 7.11. The summed E-state index contributed by atoms with van der Waals surface area (Å²) in [5.74, 6) is -0.813. The quantitative estimate of drug-likeness (QED) is 0.205. The molecule has 0 bridgehead atoms. The molecule has 0 saturated carbocycles. The predicted octanol–water partition coefficient (Wildman–Crippen LogP) is 4.66. The van der Waals surface area contributed by atoms with E-state index in [2.05, 4.69) is 13.5 Å². The van der Waals surface area contributed by atoms with Gasteiger partial charge < -0.3 is 4.74 Å². The number of Topliss-reactive ketones (excluding diaryl/α,β-unsaturated/α-hetero) is 2. The maximum Gasteiger partial charge on any atom is 0.224 e. The van der Waals surface area contributed by atoms with Crippen molar-refractivity contribution in [2.45, 2.75) is 59.3 Å². The summed E-state index contributed by atoms with van der Waals surface area (Å²) in [6, 6.07) is 0. The second kappa shape index (κ2) is 9.12. The van der Waals surface area contributed by atoms with Crippen LogP contribution in [-0.2, 0) is 19.1 Å². The van der Waals surface area contributed by atoms with Gasteiger partial charge in [-0.05, 0) is 45.4 Å². The largest absolute Gasteiger partial charge is 0.492 e. The topological polar surface area (TPSA) is 60.4 Å². The van der Waals surface area contributed by atoms with Gasteiger partial charge in [-0.3, -0.25) is 14.4 Å². The molecule has 0 aromatic rings. The zero-order chi connectivity index (χ0) is 20.1. The number of carbonyl (C=O) groups is 3. The van der Waals surface area contributed by atoms with E-state index < -0.39 is 0 Å². The zero-order valence-electron chi connectivity index (χ0n) is 16.9. The highest BCUT2D eigenvalue weighted by molar-refractivity contribution is 6.31. The average Bonchev–Trinajstić information content (AvgIpc) is 2.63. The van der Waals surface area contributed by atoms with E-state index in [0.29, 0.717) is 23.9 Å². The molecular formula is C23H30O4. The van der Waals surface area contributed by atoms with Crippen LogP contribution in [0.25, 0.3) is 0 Å². The predicted molar refractivity (Wildman–Crippen MR) is 106 cm³/mol. The van der Waals surface area contributed by atoms with E-state index in [1.807, 2.05) is 19.9 Å². The highest BCUT2D eigenvalue weighted by atomic mass is 16.5. The lowest BCUT2D eigenvalue weighted by Crippen LogP contribution is -2.33. The van der Waals surface area contributed by atoms with Gasteiger partial charge in [-0.25, -0.2) is 0 Å². The normalized spacial score (nSPS) is 23.5. The summed E-state index contributed by atoms with van der Waals surface area (Å²) in [5, 5.41) is 0. The van der Waals surface area contributed by atoms with Gasteiger partial charge in [0.05, 0.1) is 18.3 Å². The van der Waals surface area contributed by atoms with Gasteiger partial charge in [0.25, 0.3) is 0 Å². The van der Waals surface area contributed by atoms with E-state index in [1.165, 1.54) is 12.7 Å². The smallest absolute Gasteiger partial charge is 0.224 e. The van der Waals surface area contributed by atoms with Crippen molar-refractivity contribution in [2.75, 3.05) is 7.11 Å². The minimum absolute atomic E-state index is 0.00370. The lowest BCUT2D eigenvalue weighted by Gasteiger charge is -2.33. The van der Waals surface area contributed by atoms with Crippen molar-refractivity contribution < 1.29 is 19.1 Å². The van der Waals surface area contributed by atoms with Crippen LogP contribution in [0.3, 0.4) is 0 Å². The minimum atomic E-state index is -0.366. The Hall–Kier alpha value is -2.23. The summed E-state index contributed by atoms with van der Waals surface area (Å²) >= 11 is 0.